The Bertz CT molecular complexity index is 1260. The highest BCUT2D eigenvalue weighted by molar-refractivity contribution is 7.89. The first-order valence-electron chi connectivity index (χ1n) is 9.66. The molecular formula is C19H18Cl3F3N4O6S. The average molecular weight is 594 g/mol. The second-order valence-electron chi connectivity index (χ2n) is 6.95. The minimum atomic E-state index is -5.08. The van der Waals surface area contributed by atoms with Crippen molar-refractivity contribution in [1.29, 1.82) is 0 Å². The summed E-state index contributed by atoms with van der Waals surface area (Å²) in [7, 11) is -4.13. The van der Waals surface area contributed by atoms with Crippen LogP contribution in [0, 0.1) is 0 Å². The number of nitrogens with one attached hydrogen (secondary N) is 1. The van der Waals surface area contributed by atoms with Crippen molar-refractivity contribution in [3.05, 3.63) is 45.4 Å². The molecule has 0 unspecified atom stereocenters. The van der Waals surface area contributed by atoms with Gasteiger partial charge >= 0.3 is 18.2 Å². The lowest BCUT2D eigenvalue weighted by atomic mass is 10.2. The molecule has 1 saturated heterocycles. The number of hydrogen-bond donors (Lipinski definition) is 4. The number of carbonyl (C=O) groups excluding carboxylic acids is 1. The fraction of sp³-hybridized carbons (Fsp3) is 0.263. The highest BCUT2D eigenvalue weighted by Crippen LogP contribution is 2.44. The zero-order chi connectivity index (χ0) is 27.4. The summed E-state index contributed by atoms with van der Waals surface area (Å²) >= 11 is 18.3. The van der Waals surface area contributed by atoms with E-state index in [1.165, 1.54) is 34.6 Å². The van der Waals surface area contributed by atoms with Gasteiger partial charge in [-0.2, -0.15) is 17.5 Å². The van der Waals surface area contributed by atoms with Crippen LogP contribution >= 0.6 is 34.8 Å². The van der Waals surface area contributed by atoms with E-state index in [-0.39, 0.29) is 39.5 Å². The number of carboxylic acids is 1. The van der Waals surface area contributed by atoms with E-state index in [1.807, 2.05) is 0 Å². The van der Waals surface area contributed by atoms with Gasteiger partial charge in [-0.15, -0.1) is 0 Å². The fourth-order valence-corrected chi connectivity index (χ4v) is 5.42. The van der Waals surface area contributed by atoms with Crippen LogP contribution in [0.15, 0.2) is 35.2 Å². The zero-order valence-electron chi connectivity index (χ0n) is 17.9. The number of aromatic hydroxyl groups is 1. The van der Waals surface area contributed by atoms with Crippen LogP contribution in [0.2, 0.25) is 15.1 Å². The van der Waals surface area contributed by atoms with Crippen molar-refractivity contribution in [1.82, 2.24) is 9.62 Å². The molecule has 0 spiro atoms. The average Bonchev–Trinajstić information content (AvgIpc) is 2.78. The number of phenolic OH excluding ortho intramolecular Hbond substituents is 1. The van der Waals surface area contributed by atoms with Crippen LogP contribution < -0.4 is 16.0 Å². The Balaban J connectivity index is 0.000000572. The van der Waals surface area contributed by atoms with Gasteiger partial charge in [0.15, 0.2) is 5.75 Å². The molecule has 0 bridgehead atoms. The lowest BCUT2D eigenvalue weighted by Crippen LogP contribution is -2.46. The summed E-state index contributed by atoms with van der Waals surface area (Å²) in [5, 5.41) is 21.0. The third-order valence-electron chi connectivity index (χ3n) is 4.61. The van der Waals surface area contributed by atoms with E-state index in [1.54, 1.807) is 0 Å². The van der Waals surface area contributed by atoms with Gasteiger partial charge in [0.2, 0.25) is 10.0 Å². The van der Waals surface area contributed by atoms with E-state index in [2.05, 4.69) is 5.32 Å². The first-order valence-corrected chi connectivity index (χ1v) is 12.2. The van der Waals surface area contributed by atoms with Gasteiger partial charge in [-0.1, -0.05) is 40.9 Å². The van der Waals surface area contributed by atoms with E-state index in [4.69, 9.17) is 50.4 Å². The second kappa shape index (κ2) is 11.7. The molecule has 17 heteroatoms. The smallest absolute Gasteiger partial charge is 0.490 e. The number of nitrogens with two attached hydrogens (primary N) is 1. The summed E-state index contributed by atoms with van der Waals surface area (Å²) in [5.41, 5.74) is 5.39. The summed E-state index contributed by atoms with van der Waals surface area (Å²) < 4.78 is 59.1. The largest absolute Gasteiger partial charge is 0.504 e. The number of hydrogen-bond acceptors (Lipinski definition) is 6. The van der Waals surface area contributed by atoms with Crippen molar-refractivity contribution in [3.63, 3.8) is 0 Å². The highest BCUT2D eigenvalue weighted by atomic mass is 35.5. The van der Waals surface area contributed by atoms with Gasteiger partial charge in [0.25, 0.3) is 0 Å². The highest BCUT2D eigenvalue weighted by Gasteiger charge is 2.38. The van der Waals surface area contributed by atoms with Gasteiger partial charge in [0.05, 0.1) is 26.4 Å². The molecule has 36 heavy (non-hydrogen) atoms. The van der Waals surface area contributed by atoms with Crippen LogP contribution in [0.4, 0.5) is 29.3 Å². The Labute approximate surface area is 218 Å². The molecule has 198 valence electrons. The summed E-state index contributed by atoms with van der Waals surface area (Å²) in [6.07, 6.45) is -5.08. The van der Waals surface area contributed by atoms with Crippen LogP contribution in [0.25, 0.3) is 0 Å². The van der Waals surface area contributed by atoms with E-state index in [0.29, 0.717) is 13.1 Å². The number of primary amides is 1. The topological polar surface area (TPSA) is 153 Å². The molecule has 1 aliphatic heterocycles. The van der Waals surface area contributed by atoms with Crippen LogP contribution in [0.1, 0.15) is 0 Å². The normalized spacial score (nSPS) is 14.5. The predicted octanol–water partition coefficient (Wildman–Crippen LogP) is 3.80. The number of halogens is 6. The molecule has 5 N–H and O–H groups in total. The summed E-state index contributed by atoms with van der Waals surface area (Å²) in [4.78, 5) is 21.5. The molecule has 1 fully saturated rings. The molecule has 2 amide bonds. The number of piperazine rings is 1. The van der Waals surface area contributed by atoms with Crippen molar-refractivity contribution in [2.24, 2.45) is 5.73 Å². The Morgan fingerprint density at radius 3 is 2.08 bits per heavy atom. The number of nitrogens with zero attached hydrogens (tertiary/aromatic N) is 2. The summed E-state index contributed by atoms with van der Waals surface area (Å²) in [6.45, 7) is 1.34. The van der Waals surface area contributed by atoms with Crippen molar-refractivity contribution in [2.75, 3.05) is 31.1 Å². The van der Waals surface area contributed by atoms with Crippen molar-refractivity contribution >= 4 is 68.2 Å². The number of phenols is 1. The molecule has 10 nitrogen and oxygen atoms in total. The van der Waals surface area contributed by atoms with Crippen molar-refractivity contribution < 1.29 is 41.4 Å². The Hall–Kier alpha value is -2.49. The SMILES string of the molecule is NC(=O)N(c1ccc(Cl)c(S(=O)(=O)N2CCNCC2)c1O)c1cccc(Cl)c1Cl.O=C(O)C(F)(F)F. The third kappa shape index (κ3) is 6.63. The predicted molar refractivity (Wildman–Crippen MR) is 127 cm³/mol. The van der Waals surface area contributed by atoms with E-state index in [0.717, 1.165) is 4.90 Å². The lowest BCUT2D eigenvalue weighted by Gasteiger charge is -2.29. The number of rotatable bonds is 4. The number of alkyl halides is 3. The van der Waals surface area contributed by atoms with Gasteiger partial charge in [-0.25, -0.2) is 18.0 Å². The van der Waals surface area contributed by atoms with Gasteiger partial charge < -0.3 is 21.3 Å². The zero-order valence-corrected chi connectivity index (χ0v) is 21.0. The second-order valence-corrected chi connectivity index (χ2v) is 10.0. The molecule has 0 aliphatic carbocycles. The first kappa shape index (κ1) is 29.7. The maximum absolute atomic E-state index is 13.1. The molecule has 2 aromatic carbocycles. The van der Waals surface area contributed by atoms with Crippen molar-refractivity contribution in [2.45, 2.75) is 11.1 Å². The number of carbonyl (C=O) groups is 2. The van der Waals surface area contributed by atoms with E-state index < -0.39 is 38.8 Å². The number of benzene rings is 2. The Morgan fingerprint density at radius 1 is 1.03 bits per heavy atom. The molecular weight excluding hydrogens is 576 g/mol. The molecule has 0 atom stereocenters. The number of sulfonamides is 1. The molecule has 1 aliphatic rings. The molecule has 0 saturated carbocycles. The standard InChI is InChI=1S/C17H17Cl3N4O4S.C2HF3O2/c18-10-2-1-3-12(14(10)20)24(17(21)26)13-5-4-11(19)16(15(13)25)29(27,28)23-8-6-22-7-9-23;3-2(4,5)1(6)7/h1-5,22,25H,6-9H2,(H2,21,26);(H,6,7). The van der Waals surface area contributed by atoms with Crippen molar-refractivity contribution in [3.8, 4) is 5.75 Å². The number of urea groups is 1. The lowest BCUT2D eigenvalue weighted by molar-refractivity contribution is -0.192. The molecule has 3 rings (SSSR count). The summed E-state index contributed by atoms with van der Waals surface area (Å²) in [6, 6.07) is 6.03. The van der Waals surface area contributed by atoms with Crippen LogP contribution in [-0.4, -0.2) is 67.3 Å². The minimum Gasteiger partial charge on any atom is -0.504 e. The maximum atomic E-state index is 13.1. The first-order chi connectivity index (χ1) is 16.6. The molecule has 0 radical (unpaired) electrons. The van der Waals surface area contributed by atoms with Gasteiger partial charge in [0, 0.05) is 26.2 Å². The Morgan fingerprint density at radius 2 is 1.58 bits per heavy atom. The molecule has 0 aromatic heterocycles. The maximum Gasteiger partial charge on any atom is 0.490 e. The van der Waals surface area contributed by atoms with Gasteiger partial charge in [-0.3, -0.25) is 4.90 Å². The monoisotopic (exact) mass is 592 g/mol. The minimum absolute atomic E-state index is 0.00817. The van der Waals surface area contributed by atoms with E-state index in [9.17, 15) is 31.5 Å². The number of aliphatic carboxylic acids is 1. The third-order valence-corrected chi connectivity index (χ3v) is 7.82. The Kier molecular flexibility index (Phi) is 9.67. The van der Waals surface area contributed by atoms with Gasteiger partial charge in [-0.05, 0) is 24.3 Å². The molecule has 2 aromatic rings. The quantitative estimate of drug-likeness (QED) is 0.421. The van der Waals surface area contributed by atoms with Crippen LogP contribution in [0.5, 0.6) is 5.75 Å². The van der Waals surface area contributed by atoms with E-state index >= 15 is 0 Å². The summed E-state index contributed by atoms with van der Waals surface area (Å²) in [5.74, 6) is -3.47. The fourth-order valence-electron chi connectivity index (χ4n) is 3.01. The number of anilines is 2. The van der Waals surface area contributed by atoms with Gasteiger partial charge in [0.1, 0.15) is 4.90 Å². The number of carboxylic acid groups (broad SMARTS) is 1. The van der Waals surface area contributed by atoms with Crippen LogP contribution in [0.3, 0.4) is 0 Å². The molecule has 1 heterocycles. The van der Waals surface area contributed by atoms with Crippen LogP contribution in [-0.2, 0) is 14.8 Å². The number of amides is 2.